The molecule has 0 aliphatic carbocycles. The summed E-state index contributed by atoms with van der Waals surface area (Å²) < 4.78 is 0. The lowest BCUT2D eigenvalue weighted by Crippen LogP contribution is -2.37. The smallest absolute Gasteiger partial charge is 0.306 e. The van der Waals surface area contributed by atoms with Crippen molar-refractivity contribution in [2.75, 3.05) is 25.4 Å². The van der Waals surface area contributed by atoms with E-state index in [1.54, 1.807) is 0 Å². The maximum atomic E-state index is 10.9. The molecule has 6 heteroatoms. The second kappa shape index (κ2) is 8.78. The van der Waals surface area contributed by atoms with Crippen molar-refractivity contribution in [3.05, 3.63) is 29.3 Å². The minimum Gasteiger partial charge on any atom is -0.481 e. The third kappa shape index (κ3) is 5.52. The van der Waals surface area contributed by atoms with Crippen molar-refractivity contribution in [3.8, 4) is 0 Å². The Labute approximate surface area is 135 Å². The Morgan fingerprint density at radius 3 is 2.45 bits per heavy atom. The summed E-state index contributed by atoms with van der Waals surface area (Å²) in [4.78, 5) is 14.4. The van der Waals surface area contributed by atoms with Crippen LogP contribution in [0.3, 0.4) is 0 Å². The topological polar surface area (TPSA) is 40.5 Å². The summed E-state index contributed by atoms with van der Waals surface area (Å²) in [5.74, 6) is 0.245. The zero-order valence-corrected chi connectivity index (χ0v) is 13.5. The molecular weight excluding hydrogens is 317 g/mol. The molecule has 1 aromatic carbocycles. The molecule has 0 radical (unpaired) electrons. The lowest BCUT2D eigenvalue weighted by molar-refractivity contribution is -0.143. The van der Waals surface area contributed by atoms with Gasteiger partial charge in [-0.05, 0) is 50.2 Å². The first-order valence-electron chi connectivity index (χ1n) is 6.48. The van der Waals surface area contributed by atoms with Crippen LogP contribution in [0.2, 0.25) is 5.02 Å². The molecule has 1 aliphatic heterocycles. The van der Waals surface area contributed by atoms with E-state index in [0.29, 0.717) is 0 Å². The summed E-state index contributed by atoms with van der Waals surface area (Å²) >= 11 is 7.65. The van der Waals surface area contributed by atoms with Gasteiger partial charge in [0, 0.05) is 22.2 Å². The Hall–Kier alpha value is -0.420. The number of carboxylic acids is 1. The molecule has 1 heterocycles. The molecule has 0 saturated carbocycles. The van der Waals surface area contributed by atoms with E-state index in [1.165, 1.54) is 4.90 Å². The molecule has 1 N–H and O–H groups in total. The number of likely N-dealkylation sites (tertiary alicyclic amines) is 1. The van der Waals surface area contributed by atoms with Crippen molar-refractivity contribution < 1.29 is 9.90 Å². The number of thioether (sulfide) groups is 1. The van der Waals surface area contributed by atoms with Gasteiger partial charge in [0.15, 0.2) is 0 Å². The normalized spacial score (nSPS) is 16.6. The van der Waals surface area contributed by atoms with Gasteiger partial charge in [0.2, 0.25) is 0 Å². The number of hydrogen-bond donors (Lipinski definition) is 1. The number of carbonyl (C=O) groups is 1. The lowest BCUT2D eigenvalue weighted by Gasteiger charge is -2.29. The predicted octanol–water partition coefficient (Wildman–Crippen LogP) is 3.65. The van der Waals surface area contributed by atoms with Gasteiger partial charge in [-0.1, -0.05) is 11.6 Å². The molecule has 0 atom stereocenters. The maximum Gasteiger partial charge on any atom is 0.306 e. The van der Waals surface area contributed by atoms with E-state index in [1.807, 2.05) is 36.0 Å². The van der Waals surface area contributed by atoms with Gasteiger partial charge in [0.05, 0.1) is 5.92 Å². The van der Waals surface area contributed by atoms with Crippen LogP contribution in [0.1, 0.15) is 12.8 Å². The van der Waals surface area contributed by atoms with Crippen LogP contribution in [0, 0.1) is 5.92 Å². The fourth-order valence-electron chi connectivity index (χ4n) is 2.23. The number of aliphatic carboxylic acids is 1. The Morgan fingerprint density at radius 2 is 1.90 bits per heavy atom. The number of rotatable bonds is 5. The van der Waals surface area contributed by atoms with Crippen molar-refractivity contribution in [2.45, 2.75) is 17.7 Å². The van der Waals surface area contributed by atoms with Crippen molar-refractivity contribution in [3.63, 3.8) is 0 Å². The summed E-state index contributed by atoms with van der Waals surface area (Å²) in [6, 6.07) is 7.87. The third-order valence-corrected chi connectivity index (χ3v) is 4.67. The van der Waals surface area contributed by atoms with Gasteiger partial charge >= 0.3 is 5.97 Å². The van der Waals surface area contributed by atoms with Crippen LogP contribution < -0.4 is 0 Å². The van der Waals surface area contributed by atoms with Crippen molar-refractivity contribution in [2.24, 2.45) is 5.92 Å². The highest BCUT2D eigenvalue weighted by Crippen LogP contribution is 2.22. The molecule has 0 aromatic heterocycles. The van der Waals surface area contributed by atoms with Crippen LogP contribution in [0.4, 0.5) is 0 Å². The number of hydrogen-bond acceptors (Lipinski definition) is 3. The van der Waals surface area contributed by atoms with E-state index in [9.17, 15) is 4.79 Å². The van der Waals surface area contributed by atoms with E-state index >= 15 is 0 Å². The fourth-order valence-corrected chi connectivity index (χ4v) is 3.27. The SMILES string of the molecule is Cl.O=C(O)C1CCN(CCSc2ccc(Cl)cc2)CC1. The van der Waals surface area contributed by atoms with E-state index in [4.69, 9.17) is 16.7 Å². The van der Waals surface area contributed by atoms with E-state index in [-0.39, 0.29) is 18.3 Å². The molecular formula is C14H19Cl2NO2S. The molecule has 0 amide bonds. The van der Waals surface area contributed by atoms with Gasteiger partial charge in [-0.25, -0.2) is 0 Å². The van der Waals surface area contributed by atoms with Crippen LogP contribution in [0.25, 0.3) is 0 Å². The first-order valence-corrected chi connectivity index (χ1v) is 7.85. The third-order valence-electron chi connectivity index (χ3n) is 3.43. The largest absolute Gasteiger partial charge is 0.481 e. The van der Waals surface area contributed by atoms with Crippen LogP contribution in [0.5, 0.6) is 0 Å². The van der Waals surface area contributed by atoms with Gasteiger partial charge in [0.1, 0.15) is 0 Å². The lowest BCUT2D eigenvalue weighted by atomic mass is 9.97. The second-order valence-corrected chi connectivity index (χ2v) is 6.36. The van der Waals surface area contributed by atoms with Crippen molar-refractivity contribution in [1.29, 1.82) is 0 Å². The average molecular weight is 336 g/mol. The molecule has 0 unspecified atom stereocenters. The molecule has 20 heavy (non-hydrogen) atoms. The monoisotopic (exact) mass is 335 g/mol. The van der Waals surface area contributed by atoms with Gasteiger partial charge < -0.3 is 10.0 Å². The summed E-state index contributed by atoms with van der Waals surface area (Å²) in [7, 11) is 0. The molecule has 112 valence electrons. The Kier molecular flexibility index (Phi) is 7.74. The fraction of sp³-hybridized carbons (Fsp3) is 0.500. The Morgan fingerprint density at radius 1 is 1.30 bits per heavy atom. The maximum absolute atomic E-state index is 10.9. The molecule has 1 aromatic rings. The van der Waals surface area contributed by atoms with E-state index < -0.39 is 5.97 Å². The van der Waals surface area contributed by atoms with Gasteiger partial charge in [-0.15, -0.1) is 24.2 Å². The molecule has 1 aliphatic rings. The predicted molar refractivity (Wildman–Crippen MR) is 86.2 cm³/mol. The van der Waals surface area contributed by atoms with Crippen LogP contribution in [-0.2, 0) is 4.79 Å². The highest BCUT2D eigenvalue weighted by molar-refractivity contribution is 7.99. The first kappa shape index (κ1) is 17.6. The van der Waals surface area contributed by atoms with Crippen LogP contribution in [0.15, 0.2) is 29.2 Å². The molecule has 1 fully saturated rings. The van der Waals surface area contributed by atoms with Crippen molar-refractivity contribution in [1.82, 2.24) is 4.90 Å². The summed E-state index contributed by atoms with van der Waals surface area (Å²) in [6.45, 7) is 2.82. The highest BCUT2D eigenvalue weighted by Gasteiger charge is 2.23. The molecule has 0 bridgehead atoms. The van der Waals surface area contributed by atoms with E-state index in [0.717, 1.165) is 43.3 Å². The standard InChI is InChI=1S/C14H18ClNO2S.ClH/c15-12-1-3-13(4-2-12)19-10-9-16-7-5-11(6-8-16)14(17)18;/h1-4,11H,5-10H2,(H,17,18);1H. The second-order valence-electron chi connectivity index (χ2n) is 4.76. The summed E-state index contributed by atoms with van der Waals surface area (Å²) in [5, 5.41) is 9.70. The molecule has 0 spiro atoms. The van der Waals surface area contributed by atoms with Crippen LogP contribution >= 0.6 is 35.8 Å². The number of nitrogens with zero attached hydrogens (tertiary/aromatic N) is 1. The van der Waals surface area contributed by atoms with E-state index in [2.05, 4.69) is 4.90 Å². The molecule has 3 nitrogen and oxygen atoms in total. The first-order chi connectivity index (χ1) is 9.15. The number of benzene rings is 1. The Balaban J connectivity index is 0.00000200. The number of halogens is 2. The van der Waals surface area contributed by atoms with Gasteiger partial charge in [-0.2, -0.15) is 0 Å². The molecule has 1 saturated heterocycles. The average Bonchev–Trinajstić information content (AvgIpc) is 2.41. The molecule has 2 rings (SSSR count). The van der Waals surface area contributed by atoms with Gasteiger partial charge in [-0.3, -0.25) is 4.79 Å². The van der Waals surface area contributed by atoms with Gasteiger partial charge in [0.25, 0.3) is 0 Å². The zero-order valence-electron chi connectivity index (χ0n) is 11.1. The highest BCUT2D eigenvalue weighted by atomic mass is 35.5. The summed E-state index contributed by atoms with van der Waals surface area (Å²) in [6.07, 6.45) is 1.56. The minimum absolute atomic E-state index is 0. The number of piperidine rings is 1. The quantitative estimate of drug-likeness (QED) is 0.834. The number of carboxylic acid groups (broad SMARTS) is 1. The Bertz CT molecular complexity index is 420. The van der Waals surface area contributed by atoms with Crippen LogP contribution in [-0.4, -0.2) is 41.4 Å². The van der Waals surface area contributed by atoms with Crippen molar-refractivity contribution >= 4 is 41.7 Å². The summed E-state index contributed by atoms with van der Waals surface area (Å²) in [5.41, 5.74) is 0. The minimum atomic E-state index is -0.643. The zero-order chi connectivity index (χ0) is 13.7.